The van der Waals surface area contributed by atoms with E-state index < -0.39 is 11.9 Å². The largest absolute Gasteiger partial charge is 2.00 e. The van der Waals surface area contributed by atoms with Crippen molar-refractivity contribution in [2.24, 2.45) is 0 Å². The molecule has 12 nitrogen and oxygen atoms in total. The van der Waals surface area contributed by atoms with Gasteiger partial charge in [-0.3, -0.25) is 9.97 Å². The molecule has 0 saturated carbocycles. The zero-order chi connectivity index (χ0) is 16.5. The molecular formula is C14H22N2NiO10+2. The van der Waals surface area contributed by atoms with Crippen LogP contribution in [0.4, 0.5) is 0 Å². The first-order valence-electron chi connectivity index (χ1n) is 6.02. The fraction of sp³-hybridized carbons (Fsp3) is 0.143. The molecule has 2 aromatic rings. The number of rotatable bonds is 4. The van der Waals surface area contributed by atoms with Gasteiger partial charge in [-0.15, -0.1) is 0 Å². The minimum atomic E-state index is -1.26. The molecule has 0 aromatic carbocycles. The van der Waals surface area contributed by atoms with E-state index in [9.17, 15) is 19.8 Å². The summed E-state index contributed by atoms with van der Waals surface area (Å²) in [6.45, 7) is -0.374. The average molecular weight is 437 g/mol. The number of carboxylic acids is 2. The molecule has 2 aromatic heterocycles. The number of nitrogens with zero attached hydrogens (tertiary/aromatic N) is 2. The van der Waals surface area contributed by atoms with Gasteiger partial charge in [-0.2, -0.15) is 0 Å². The van der Waals surface area contributed by atoms with E-state index in [2.05, 4.69) is 9.97 Å². The van der Waals surface area contributed by atoms with Crippen molar-refractivity contribution in [3.8, 4) is 0 Å². The molecule has 0 spiro atoms. The first-order valence-corrected chi connectivity index (χ1v) is 6.02. The molecule has 2 heterocycles. The summed E-state index contributed by atoms with van der Waals surface area (Å²) < 4.78 is 0. The minimum absolute atomic E-state index is 0. The maximum Gasteiger partial charge on any atom is 2.00 e. The van der Waals surface area contributed by atoms with Crippen LogP contribution in [0, 0.1) is 0 Å². The molecule has 0 aliphatic rings. The number of carbonyl (C=O) groups is 2. The molecular weight excluding hydrogens is 415 g/mol. The van der Waals surface area contributed by atoms with Crippen molar-refractivity contribution in [2.75, 3.05) is 0 Å². The van der Waals surface area contributed by atoms with Crippen molar-refractivity contribution in [1.29, 1.82) is 0 Å². The summed E-state index contributed by atoms with van der Waals surface area (Å²) >= 11 is 0. The maximum absolute atomic E-state index is 10.2. The van der Waals surface area contributed by atoms with Crippen LogP contribution in [0.5, 0.6) is 0 Å². The van der Waals surface area contributed by atoms with Gasteiger partial charge in [-0.05, 0) is 24.3 Å². The molecule has 12 N–H and O–H groups in total. The van der Waals surface area contributed by atoms with E-state index in [1.54, 1.807) is 0 Å². The number of carboxylic acid groups (broad SMARTS) is 2. The zero-order valence-electron chi connectivity index (χ0n) is 13.8. The van der Waals surface area contributed by atoms with Gasteiger partial charge in [0.2, 0.25) is 0 Å². The summed E-state index contributed by atoms with van der Waals surface area (Å²) in [5.41, 5.74) is 0.911. The smallest absolute Gasteiger partial charge is 0.545 e. The molecule has 156 valence electrons. The third-order valence-electron chi connectivity index (χ3n) is 2.44. The molecule has 0 amide bonds. The van der Waals surface area contributed by atoms with Crippen LogP contribution in [0.3, 0.4) is 0 Å². The van der Waals surface area contributed by atoms with Crippen LogP contribution in [-0.4, -0.2) is 43.1 Å². The van der Waals surface area contributed by atoms with E-state index in [1.165, 1.54) is 24.3 Å². The zero-order valence-corrected chi connectivity index (χ0v) is 14.8. The van der Waals surface area contributed by atoms with Crippen molar-refractivity contribution in [2.45, 2.75) is 13.2 Å². The number of aromatic nitrogens is 2. The Morgan fingerprint density at radius 1 is 0.778 bits per heavy atom. The standard InChI is InChI=1S/2C7H7NO3.Ni.4H2O/c2*9-4-6-2-1-5(3-8-6)7(10)11;;;;;/h2*1-3,9H,4H2,(H,10,11);;4*1H2/q;;+2;;;;. The Morgan fingerprint density at radius 3 is 1.22 bits per heavy atom. The van der Waals surface area contributed by atoms with Crippen LogP contribution in [0.1, 0.15) is 32.1 Å². The Kier molecular flexibility index (Phi) is 24.1. The van der Waals surface area contributed by atoms with Crippen molar-refractivity contribution in [1.82, 2.24) is 9.97 Å². The molecule has 27 heavy (non-hydrogen) atoms. The van der Waals surface area contributed by atoms with Gasteiger partial charge in [-0.1, -0.05) is 0 Å². The molecule has 0 atom stereocenters. The number of pyridine rings is 2. The van der Waals surface area contributed by atoms with Crippen molar-refractivity contribution < 1.29 is 68.4 Å². The summed E-state index contributed by atoms with van der Waals surface area (Å²) in [6.07, 6.45) is 2.31. The first-order chi connectivity index (χ1) is 10.5. The van der Waals surface area contributed by atoms with E-state index in [0.717, 1.165) is 12.4 Å². The maximum atomic E-state index is 10.2. The molecule has 2 rings (SSSR count). The van der Waals surface area contributed by atoms with Gasteiger partial charge in [-0.25, -0.2) is 0 Å². The summed E-state index contributed by atoms with van der Waals surface area (Å²) in [4.78, 5) is 27.7. The average Bonchev–Trinajstić information content (AvgIpc) is 2.55. The molecule has 0 aliphatic heterocycles. The van der Waals surface area contributed by atoms with E-state index in [0.29, 0.717) is 11.4 Å². The first kappa shape index (κ1) is 35.6. The Hall–Kier alpha value is -2.51. The summed E-state index contributed by atoms with van der Waals surface area (Å²) in [5, 5.41) is 37.5. The summed E-state index contributed by atoms with van der Waals surface area (Å²) in [7, 11) is 0. The van der Waals surface area contributed by atoms with Crippen molar-refractivity contribution in [3.63, 3.8) is 0 Å². The number of aliphatic hydroxyl groups is 2. The molecule has 13 heteroatoms. The number of hydrogen-bond acceptors (Lipinski definition) is 8. The van der Waals surface area contributed by atoms with Crippen LogP contribution in [0.15, 0.2) is 36.7 Å². The third-order valence-corrected chi connectivity index (χ3v) is 2.44. The van der Waals surface area contributed by atoms with Crippen LogP contribution in [0.25, 0.3) is 0 Å². The number of aliphatic hydroxyl groups excluding tert-OH is 2. The fourth-order valence-electron chi connectivity index (χ4n) is 1.28. The van der Waals surface area contributed by atoms with Gasteiger partial charge in [0.1, 0.15) is 0 Å². The van der Waals surface area contributed by atoms with E-state index in [1.807, 2.05) is 0 Å². The second kappa shape index (κ2) is 18.3. The topological polar surface area (TPSA) is 276 Å². The molecule has 0 bridgehead atoms. The summed E-state index contributed by atoms with van der Waals surface area (Å²) in [6, 6.07) is 5.55. The van der Waals surface area contributed by atoms with Crippen LogP contribution in [0.2, 0.25) is 0 Å². The van der Waals surface area contributed by atoms with Gasteiger partial charge >= 0.3 is 16.5 Å². The Labute approximate surface area is 163 Å². The second-order valence-corrected chi connectivity index (χ2v) is 3.97. The van der Waals surface area contributed by atoms with E-state index >= 15 is 0 Å². The fourth-order valence-corrected chi connectivity index (χ4v) is 1.28. The van der Waals surface area contributed by atoms with Crippen LogP contribution >= 0.6 is 0 Å². The number of hydrogen-bond donors (Lipinski definition) is 2. The van der Waals surface area contributed by atoms with E-state index in [4.69, 9.17) is 10.2 Å². The Bertz CT molecular complexity index is 580. The SMILES string of the molecule is O.O.O=C([O-])c1ccc(CO)nc1.O=C([O-])c1ccc(CO)nc1.[Ni+2].[OH3+].[OH3+]. The Balaban J connectivity index is -0.000000101. The normalized spacial score (nSPS) is 7.78. The van der Waals surface area contributed by atoms with E-state index in [-0.39, 0.29) is 62.7 Å². The molecule has 0 saturated heterocycles. The molecule has 0 aliphatic carbocycles. The van der Waals surface area contributed by atoms with Crippen LogP contribution < -0.4 is 10.2 Å². The second-order valence-electron chi connectivity index (χ2n) is 3.97. The number of carbonyl (C=O) groups excluding carboxylic acids is 2. The van der Waals surface area contributed by atoms with Gasteiger partial charge in [0.05, 0.1) is 36.5 Å². The monoisotopic (exact) mass is 436 g/mol. The minimum Gasteiger partial charge on any atom is -0.545 e. The third kappa shape index (κ3) is 12.5. The molecule has 0 unspecified atom stereocenters. The Morgan fingerprint density at radius 2 is 1.07 bits per heavy atom. The van der Waals surface area contributed by atoms with Crippen molar-refractivity contribution >= 4 is 11.9 Å². The van der Waals surface area contributed by atoms with Gasteiger partial charge in [0, 0.05) is 23.5 Å². The van der Waals surface area contributed by atoms with Gasteiger partial charge < -0.3 is 51.9 Å². The predicted octanol–water partition coefficient (Wildman–Crippen LogP) is -5.62. The van der Waals surface area contributed by atoms with Crippen molar-refractivity contribution in [3.05, 3.63) is 59.2 Å². The predicted molar refractivity (Wildman–Crippen MR) is 86.0 cm³/mol. The van der Waals surface area contributed by atoms with Gasteiger partial charge in [0.15, 0.2) is 0 Å². The van der Waals surface area contributed by atoms with Gasteiger partial charge in [0.25, 0.3) is 0 Å². The quantitative estimate of drug-likeness (QED) is 0.343. The molecule has 0 fully saturated rings. The van der Waals surface area contributed by atoms with Crippen LogP contribution in [-0.2, 0) is 40.7 Å². The summed E-state index contributed by atoms with van der Waals surface area (Å²) in [5.74, 6) is -2.52. The molecule has 0 radical (unpaired) electrons. The number of aromatic carboxylic acids is 2.